The number of aliphatic hydroxyl groups is 1. The van der Waals surface area contributed by atoms with Crippen molar-refractivity contribution >= 4 is 6.03 Å². The van der Waals surface area contributed by atoms with Crippen LogP contribution in [0, 0.1) is 0 Å². The molecule has 0 bridgehead atoms. The van der Waals surface area contributed by atoms with E-state index in [1.165, 1.54) is 0 Å². The first-order valence-electron chi connectivity index (χ1n) is 6.15. The van der Waals surface area contributed by atoms with E-state index in [4.69, 9.17) is 9.84 Å². The van der Waals surface area contributed by atoms with Gasteiger partial charge >= 0.3 is 6.03 Å². The van der Waals surface area contributed by atoms with Crippen LogP contribution in [-0.4, -0.2) is 48.9 Å². The molecule has 1 aromatic rings. The largest absolute Gasteiger partial charge is 0.492 e. The summed E-state index contributed by atoms with van der Waals surface area (Å²) in [6.45, 7) is 2.72. The van der Waals surface area contributed by atoms with E-state index in [0.29, 0.717) is 26.1 Å². The Morgan fingerprint density at radius 1 is 1.33 bits per heavy atom. The third-order valence-corrected chi connectivity index (χ3v) is 2.90. The number of benzene rings is 1. The molecule has 5 heteroatoms. The molecule has 98 valence electrons. The highest BCUT2D eigenvalue weighted by molar-refractivity contribution is 5.76. The summed E-state index contributed by atoms with van der Waals surface area (Å²) < 4.78 is 5.57. The number of hydrogen-bond acceptors (Lipinski definition) is 3. The van der Waals surface area contributed by atoms with Crippen LogP contribution in [0.1, 0.15) is 5.56 Å². The predicted octanol–water partition coefficient (Wildman–Crippen LogP) is 0.625. The van der Waals surface area contributed by atoms with Crippen LogP contribution in [0.4, 0.5) is 4.79 Å². The molecule has 1 aromatic carbocycles. The molecule has 0 radical (unpaired) electrons. The summed E-state index contributed by atoms with van der Waals surface area (Å²) in [4.78, 5) is 13.0. The Kier molecular flexibility index (Phi) is 4.41. The molecule has 0 spiro atoms. The van der Waals surface area contributed by atoms with E-state index in [1.54, 1.807) is 4.90 Å². The Labute approximate surface area is 106 Å². The zero-order valence-corrected chi connectivity index (χ0v) is 10.3. The van der Waals surface area contributed by atoms with Crippen molar-refractivity contribution in [2.75, 3.05) is 32.8 Å². The molecule has 0 unspecified atom stereocenters. The molecule has 5 nitrogen and oxygen atoms in total. The summed E-state index contributed by atoms with van der Waals surface area (Å²) in [5.74, 6) is 0.788. The van der Waals surface area contributed by atoms with Crippen molar-refractivity contribution in [2.45, 2.75) is 6.42 Å². The van der Waals surface area contributed by atoms with Crippen molar-refractivity contribution in [3.63, 3.8) is 0 Å². The van der Waals surface area contributed by atoms with Gasteiger partial charge in [0.25, 0.3) is 0 Å². The Bertz CT molecular complexity index is 392. The minimum atomic E-state index is -0.0168. The topological polar surface area (TPSA) is 61.8 Å². The van der Waals surface area contributed by atoms with Crippen molar-refractivity contribution < 1.29 is 14.6 Å². The van der Waals surface area contributed by atoms with Gasteiger partial charge in [0.1, 0.15) is 12.4 Å². The van der Waals surface area contributed by atoms with Gasteiger partial charge in [-0.25, -0.2) is 4.79 Å². The number of hydrogen-bond donors (Lipinski definition) is 2. The molecule has 0 aromatic heterocycles. The average molecular weight is 250 g/mol. The molecule has 2 amide bonds. The van der Waals surface area contributed by atoms with E-state index in [0.717, 1.165) is 17.9 Å². The minimum Gasteiger partial charge on any atom is -0.492 e. The maximum atomic E-state index is 11.3. The standard InChI is InChI=1S/C13H18N2O3/c16-9-5-11-1-3-12(4-2-11)18-10-8-15-7-6-14-13(15)17/h1-4,16H,5-10H2,(H,14,17). The van der Waals surface area contributed by atoms with Crippen molar-refractivity contribution in [3.8, 4) is 5.75 Å². The van der Waals surface area contributed by atoms with Crippen LogP contribution in [0.3, 0.4) is 0 Å². The van der Waals surface area contributed by atoms with Gasteiger partial charge in [0.15, 0.2) is 0 Å². The van der Waals surface area contributed by atoms with Gasteiger partial charge in [0.2, 0.25) is 0 Å². The van der Waals surface area contributed by atoms with Crippen LogP contribution in [0.15, 0.2) is 24.3 Å². The number of ether oxygens (including phenoxy) is 1. The van der Waals surface area contributed by atoms with Crippen molar-refractivity contribution in [2.24, 2.45) is 0 Å². The molecule has 1 aliphatic heterocycles. The third-order valence-electron chi connectivity index (χ3n) is 2.90. The summed E-state index contributed by atoms with van der Waals surface area (Å²) in [5.41, 5.74) is 1.09. The van der Waals surface area contributed by atoms with E-state index >= 15 is 0 Å². The van der Waals surface area contributed by atoms with Crippen LogP contribution in [0.5, 0.6) is 5.75 Å². The van der Waals surface area contributed by atoms with Gasteiger partial charge < -0.3 is 20.1 Å². The van der Waals surface area contributed by atoms with Crippen LogP contribution < -0.4 is 10.1 Å². The van der Waals surface area contributed by atoms with Crippen molar-refractivity contribution in [3.05, 3.63) is 29.8 Å². The van der Waals surface area contributed by atoms with Crippen LogP contribution in [-0.2, 0) is 6.42 Å². The SMILES string of the molecule is O=C1NCCN1CCOc1ccc(CCO)cc1. The summed E-state index contributed by atoms with van der Waals surface area (Å²) in [5, 5.41) is 11.5. The second-order valence-electron chi connectivity index (χ2n) is 4.18. The number of nitrogens with one attached hydrogen (secondary N) is 1. The van der Waals surface area contributed by atoms with Gasteiger partial charge in [-0.1, -0.05) is 12.1 Å². The van der Waals surface area contributed by atoms with Gasteiger partial charge in [-0.2, -0.15) is 0 Å². The second kappa shape index (κ2) is 6.26. The molecule has 0 saturated carbocycles. The lowest BCUT2D eigenvalue weighted by atomic mass is 10.1. The number of carbonyl (C=O) groups is 1. The Hall–Kier alpha value is -1.75. The molecule has 1 heterocycles. The Morgan fingerprint density at radius 3 is 2.72 bits per heavy atom. The quantitative estimate of drug-likeness (QED) is 0.778. The molecule has 0 aliphatic carbocycles. The predicted molar refractivity (Wildman–Crippen MR) is 67.7 cm³/mol. The second-order valence-corrected chi connectivity index (χ2v) is 4.18. The first-order chi connectivity index (χ1) is 8.79. The van der Waals surface area contributed by atoms with E-state index in [9.17, 15) is 4.79 Å². The molecule has 1 fully saturated rings. The molecule has 0 atom stereocenters. The van der Waals surface area contributed by atoms with Gasteiger partial charge in [-0.05, 0) is 24.1 Å². The monoisotopic (exact) mass is 250 g/mol. The Morgan fingerprint density at radius 2 is 2.11 bits per heavy atom. The number of carbonyl (C=O) groups excluding carboxylic acids is 1. The number of urea groups is 1. The highest BCUT2D eigenvalue weighted by atomic mass is 16.5. The van der Waals surface area contributed by atoms with Crippen LogP contribution in [0.25, 0.3) is 0 Å². The molecule has 1 aliphatic rings. The zero-order valence-electron chi connectivity index (χ0n) is 10.3. The lowest BCUT2D eigenvalue weighted by Gasteiger charge is -2.14. The van der Waals surface area contributed by atoms with Crippen molar-refractivity contribution in [1.82, 2.24) is 10.2 Å². The maximum Gasteiger partial charge on any atom is 0.317 e. The summed E-state index contributed by atoms with van der Waals surface area (Å²) in [6, 6.07) is 7.63. The molecule has 2 rings (SSSR count). The molecular formula is C13H18N2O3. The summed E-state index contributed by atoms with van der Waals surface area (Å²) >= 11 is 0. The van der Waals surface area contributed by atoms with Crippen molar-refractivity contribution in [1.29, 1.82) is 0 Å². The van der Waals surface area contributed by atoms with E-state index in [2.05, 4.69) is 5.32 Å². The first-order valence-corrected chi connectivity index (χ1v) is 6.15. The minimum absolute atomic E-state index is 0.0168. The molecule has 1 saturated heterocycles. The average Bonchev–Trinajstić information content (AvgIpc) is 2.78. The van der Waals surface area contributed by atoms with Crippen LogP contribution in [0.2, 0.25) is 0 Å². The van der Waals surface area contributed by atoms with Gasteiger partial charge in [0.05, 0.1) is 6.54 Å². The fourth-order valence-electron chi connectivity index (χ4n) is 1.88. The zero-order chi connectivity index (χ0) is 12.8. The smallest absolute Gasteiger partial charge is 0.317 e. The lowest BCUT2D eigenvalue weighted by Crippen LogP contribution is -2.31. The molecular weight excluding hydrogens is 232 g/mol. The summed E-state index contributed by atoms with van der Waals surface area (Å²) in [7, 11) is 0. The van der Waals surface area contributed by atoms with E-state index in [-0.39, 0.29) is 12.6 Å². The number of amides is 2. The highest BCUT2D eigenvalue weighted by Crippen LogP contribution is 2.12. The van der Waals surface area contributed by atoms with Crippen LogP contribution >= 0.6 is 0 Å². The fourth-order valence-corrected chi connectivity index (χ4v) is 1.88. The first kappa shape index (κ1) is 12.7. The van der Waals surface area contributed by atoms with E-state index < -0.39 is 0 Å². The fraction of sp³-hybridized carbons (Fsp3) is 0.462. The Balaban J connectivity index is 1.74. The van der Waals surface area contributed by atoms with Gasteiger partial charge in [0, 0.05) is 19.7 Å². The highest BCUT2D eigenvalue weighted by Gasteiger charge is 2.18. The number of nitrogens with zero attached hydrogens (tertiary/aromatic N) is 1. The normalized spacial score (nSPS) is 14.7. The maximum absolute atomic E-state index is 11.3. The summed E-state index contributed by atoms with van der Waals surface area (Å²) in [6.07, 6.45) is 0.661. The number of rotatable bonds is 6. The lowest BCUT2D eigenvalue weighted by molar-refractivity contribution is 0.202. The molecule has 2 N–H and O–H groups in total. The third kappa shape index (κ3) is 3.37. The van der Waals surface area contributed by atoms with Gasteiger partial charge in [-0.15, -0.1) is 0 Å². The number of aliphatic hydroxyl groups excluding tert-OH is 1. The van der Waals surface area contributed by atoms with Gasteiger partial charge in [-0.3, -0.25) is 0 Å². The van der Waals surface area contributed by atoms with E-state index in [1.807, 2.05) is 24.3 Å². The molecule has 18 heavy (non-hydrogen) atoms.